The van der Waals surface area contributed by atoms with E-state index in [0.29, 0.717) is 35.6 Å². The number of benzene rings is 1. The van der Waals surface area contributed by atoms with E-state index in [1.807, 2.05) is 32.9 Å². The van der Waals surface area contributed by atoms with Gasteiger partial charge in [-0.2, -0.15) is 5.26 Å². The van der Waals surface area contributed by atoms with Gasteiger partial charge in [-0.15, -0.1) is 0 Å². The van der Waals surface area contributed by atoms with E-state index in [2.05, 4.69) is 27.0 Å². The highest BCUT2D eigenvalue weighted by molar-refractivity contribution is 6.35. The third-order valence-corrected chi connectivity index (χ3v) is 6.12. The number of fused-ring (bicyclic) bond motifs is 1. The van der Waals surface area contributed by atoms with Crippen LogP contribution in [-0.2, 0) is 9.59 Å². The quantitative estimate of drug-likeness (QED) is 0.376. The SMILES string of the molecule is CC(C)(C)CC(NC(O)c1cc2cccc(Cl)c2[nH]1)C(=O)NC(C#N)CC1CCCNC1=O. The second-order valence-electron chi connectivity index (χ2n) is 9.87. The lowest BCUT2D eigenvalue weighted by Gasteiger charge is -2.29. The summed E-state index contributed by atoms with van der Waals surface area (Å²) >= 11 is 6.23. The van der Waals surface area contributed by atoms with Crippen molar-refractivity contribution < 1.29 is 14.7 Å². The number of rotatable bonds is 8. The summed E-state index contributed by atoms with van der Waals surface area (Å²) in [5, 5.41) is 30.4. The van der Waals surface area contributed by atoms with Crippen LogP contribution in [-0.4, -0.2) is 40.5 Å². The third kappa shape index (κ3) is 6.70. The van der Waals surface area contributed by atoms with Crippen LogP contribution in [0.15, 0.2) is 24.3 Å². The standard InChI is InChI=1S/C24H32ClN5O3/c1-24(2,3)12-19(23(33)28-16(13-26)10-15-7-5-9-27-21(15)31)30-22(32)18-11-14-6-4-8-17(25)20(14)29-18/h4,6,8,11,15-16,19,22,29-30,32H,5,7,9-10,12H2,1-3H3,(H,27,31)(H,28,33). The van der Waals surface area contributed by atoms with Gasteiger partial charge in [-0.25, -0.2) is 0 Å². The van der Waals surface area contributed by atoms with Crippen molar-refractivity contribution in [3.05, 3.63) is 35.0 Å². The van der Waals surface area contributed by atoms with Crippen LogP contribution in [0.25, 0.3) is 10.9 Å². The minimum Gasteiger partial charge on any atom is -0.373 e. The Morgan fingerprint density at radius 3 is 2.79 bits per heavy atom. The first-order chi connectivity index (χ1) is 15.6. The summed E-state index contributed by atoms with van der Waals surface area (Å²) in [4.78, 5) is 28.3. The van der Waals surface area contributed by atoms with Crippen molar-refractivity contribution >= 4 is 34.3 Å². The number of H-pyrrole nitrogens is 1. The molecule has 1 saturated heterocycles. The average Bonchev–Trinajstić information content (AvgIpc) is 3.19. The van der Waals surface area contributed by atoms with Crippen LogP contribution in [0.2, 0.25) is 5.02 Å². The number of para-hydroxylation sites is 1. The van der Waals surface area contributed by atoms with Gasteiger partial charge < -0.3 is 20.7 Å². The van der Waals surface area contributed by atoms with Gasteiger partial charge >= 0.3 is 0 Å². The number of hydrogen-bond acceptors (Lipinski definition) is 5. The van der Waals surface area contributed by atoms with Crippen molar-refractivity contribution in [3.63, 3.8) is 0 Å². The van der Waals surface area contributed by atoms with Crippen LogP contribution in [0.5, 0.6) is 0 Å². The van der Waals surface area contributed by atoms with Crippen molar-refractivity contribution in [1.82, 2.24) is 20.9 Å². The van der Waals surface area contributed by atoms with E-state index < -0.39 is 18.3 Å². The van der Waals surface area contributed by atoms with Crippen LogP contribution in [0, 0.1) is 22.7 Å². The van der Waals surface area contributed by atoms with Crippen LogP contribution < -0.4 is 16.0 Å². The number of piperidine rings is 1. The molecule has 33 heavy (non-hydrogen) atoms. The number of carbonyl (C=O) groups excluding carboxylic acids is 2. The highest BCUT2D eigenvalue weighted by atomic mass is 35.5. The molecule has 0 bridgehead atoms. The molecule has 0 aliphatic carbocycles. The Morgan fingerprint density at radius 2 is 2.15 bits per heavy atom. The monoisotopic (exact) mass is 473 g/mol. The molecule has 4 atom stereocenters. The number of aromatic amines is 1. The molecule has 9 heteroatoms. The maximum atomic E-state index is 13.1. The number of nitrogens with one attached hydrogen (secondary N) is 4. The van der Waals surface area contributed by atoms with Crippen LogP contribution in [0.1, 0.15) is 58.4 Å². The Labute approximate surface area is 199 Å². The fourth-order valence-corrected chi connectivity index (χ4v) is 4.40. The number of amides is 2. The van der Waals surface area contributed by atoms with Gasteiger partial charge in [0.05, 0.1) is 28.3 Å². The molecule has 1 aliphatic rings. The van der Waals surface area contributed by atoms with E-state index >= 15 is 0 Å². The first-order valence-corrected chi connectivity index (χ1v) is 11.6. The van der Waals surface area contributed by atoms with Crippen molar-refractivity contribution in [2.45, 2.75) is 64.8 Å². The van der Waals surface area contributed by atoms with Crippen molar-refractivity contribution in [3.8, 4) is 6.07 Å². The Morgan fingerprint density at radius 1 is 1.39 bits per heavy atom. The lowest BCUT2D eigenvalue weighted by Crippen LogP contribution is -2.51. The number of carbonyl (C=O) groups is 2. The summed E-state index contributed by atoms with van der Waals surface area (Å²) in [5.41, 5.74) is 0.979. The van der Waals surface area contributed by atoms with Crippen molar-refractivity contribution in [2.24, 2.45) is 11.3 Å². The minimum atomic E-state index is -1.14. The molecule has 0 spiro atoms. The average molecular weight is 474 g/mol. The molecular weight excluding hydrogens is 442 g/mol. The molecule has 2 amide bonds. The lowest BCUT2D eigenvalue weighted by atomic mass is 9.87. The van der Waals surface area contributed by atoms with E-state index in [1.54, 1.807) is 12.1 Å². The zero-order valence-corrected chi connectivity index (χ0v) is 20.0. The summed E-state index contributed by atoms with van der Waals surface area (Å²) in [6.07, 6.45) is 1.11. The van der Waals surface area contributed by atoms with E-state index in [-0.39, 0.29) is 29.6 Å². The number of halogens is 1. The highest BCUT2D eigenvalue weighted by Crippen LogP contribution is 2.27. The number of nitriles is 1. The maximum absolute atomic E-state index is 13.1. The molecule has 1 aromatic carbocycles. The number of aromatic nitrogens is 1. The zero-order valence-electron chi connectivity index (χ0n) is 19.2. The van der Waals surface area contributed by atoms with E-state index in [1.165, 1.54) is 0 Å². The topological polar surface area (TPSA) is 130 Å². The number of hydrogen-bond donors (Lipinski definition) is 5. The Hall–Kier alpha value is -2.60. The first kappa shape index (κ1) is 25.0. The molecule has 1 aliphatic heterocycles. The molecule has 5 N–H and O–H groups in total. The molecule has 178 valence electrons. The molecular formula is C24H32ClN5O3. The Bertz CT molecular complexity index is 1040. The van der Waals surface area contributed by atoms with E-state index in [0.717, 1.165) is 11.8 Å². The van der Waals surface area contributed by atoms with Crippen molar-refractivity contribution in [2.75, 3.05) is 6.54 Å². The van der Waals surface area contributed by atoms with Gasteiger partial charge in [0.2, 0.25) is 11.8 Å². The fraction of sp³-hybridized carbons (Fsp3) is 0.542. The molecule has 1 aromatic heterocycles. The number of aliphatic hydroxyl groups is 1. The summed E-state index contributed by atoms with van der Waals surface area (Å²) < 4.78 is 0. The van der Waals surface area contributed by atoms with Gasteiger partial charge in [-0.1, -0.05) is 44.5 Å². The van der Waals surface area contributed by atoms with Gasteiger partial charge in [-0.05, 0) is 43.2 Å². The van der Waals surface area contributed by atoms with Crippen LogP contribution >= 0.6 is 11.6 Å². The number of nitrogens with zero attached hydrogens (tertiary/aromatic N) is 1. The number of aliphatic hydroxyl groups excluding tert-OH is 1. The summed E-state index contributed by atoms with van der Waals surface area (Å²) in [6.45, 7) is 6.64. The fourth-order valence-electron chi connectivity index (χ4n) is 4.17. The van der Waals surface area contributed by atoms with Gasteiger partial charge in [0.1, 0.15) is 12.3 Å². The van der Waals surface area contributed by atoms with Gasteiger partial charge in [0, 0.05) is 17.8 Å². The highest BCUT2D eigenvalue weighted by Gasteiger charge is 2.31. The molecule has 0 radical (unpaired) electrons. The largest absolute Gasteiger partial charge is 0.373 e. The summed E-state index contributed by atoms with van der Waals surface area (Å²) in [6, 6.07) is 7.81. The lowest BCUT2D eigenvalue weighted by molar-refractivity contribution is -0.128. The maximum Gasteiger partial charge on any atom is 0.238 e. The molecule has 0 saturated carbocycles. The molecule has 8 nitrogen and oxygen atoms in total. The van der Waals surface area contributed by atoms with Gasteiger partial charge in [-0.3, -0.25) is 14.9 Å². The molecule has 4 unspecified atom stereocenters. The Kier molecular flexibility index (Phi) is 8.01. The second kappa shape index (κ2) is 10.6. The summed E-state index contributed by atoms with van der Waals surface area (Å²) in [7, 11) is 0. The van der Waals surface area contributed by atoms with Gasteiger partial charge in [0.25, 0.3) is 0 Å². The summed E-state index contributed by atoms with van der Waals surface area (Å²) in [5.74, 6) is -0.756. The van der Waals surface area contributed by atoms with Crippen molar-refractivity contribution in [1.29, 1.82) is 5.26 Å². The predicted molar refractivity (Wildman–Crippen MR) is 127 cm³/mol. The molecule has 2 aromatic rings. The van der Waals surface area contributed by atoms with Gasteiger partial charge in [0.15, 0.2) is 0 Å². The normalized spacial score (nSPS) is 19.4. The Balaban J connectivity index is 1.72. The van der Waals surface area contributed by atoms with Crippen LogP contribution in [0.4, 0.5) is 0 Å². The molecule has 3 rings (SSSR count). The first-order valence-electron chi connectivity index (χ1n) is 11.3. The van der Waals surface area contributed by atoms with Crippen LogP contribution in [0.3, 0.4) is 0 Å². The second-order valence-corrected chi connectivity index (χ2v) is 10.3. The zero-order chi connectivity index (χ0) is 24.2. The van der Waals surface area contributed by atoms with E-state index in [9.17, 15) is 20.0 Å². The minimum absolute atomic E-state index is 0.0759. The molecule has 2 heterocycles. The molecule has 1 fully saturated rings. The van der Waals surface area contributed by atoms with E-state index in [4.69, 9.17) is 11.6 Å². The smallest absolute Gasteiger partial charge is 0.238 e. The predicted octanol–water partition coefficient (Wildman–Crippen LogP) is 3.13. The third-order valence-electron chi connectivity index (χ3n) is 5.80.